The number of nitrogens with one attached hydrogen (secondary N) is 1. The van der Waals surface area contributed by atoms with E-state index < -0.39 is 164 Å². The molecule has 3 heterocycles. The third-order valence-corrected chi connectivity index (χ3v) is 18.5. The van der Waals surface area contributed by atoms with Crippen molar-refractivity contribution in [3.05, 3.63) is 180 Å². The average molecular weight is 1740 g/mol. The molecule has 36 heteroatoms. The number of phenols is 8. The first-order chi connectivity index (χ1) is 57.7. The number of aryl methyl sites for hydroxylation is 1. The summed E-state index contributed by atoms with van der Waals surface area (Å²) >= 11 is 0. The molecule has 0 bridgehead atoms. The van der Waals surface area contributed by atoms with Gasteiger partial charge in [-0.25, -0.2) is 19.3 Å². The van der Waals surface area contributed by atoms with Gasteiger partial charge in [-0.05, 0) is 188 Å². The molecule has 1 amide bonds. The van der Waals surface area contributed by atoms with E-state index in [1.807, 2.05) is 50.3 Å². The van der Waals surface area contributed by atoms with Crippen LogP contribution >= 0.6 is 0 Å². The minimum absolute atomic E-state index is 0. The van der Waals surface area contributed by atoms with Gasteiger partial charge in [-0.3, -0.25) is 19.6 Å². The van der Waals surface area contributed by atoms with Crippen LogP contribution in [0.5, 0.6) is 46.0 Å². The molecule has 0 radical (unpaired) electrons. The van der Waals surface area contributed by atoms with Crippen LogP contribution in [0.15, 0.2) is 158 Å². The third-order valence-electron chi connectivity index (χ3n) is 18.5. The Morgan fingerprint density at radius 3 is 1.62 bits per heavy atom. The topological polar surface area (TPSA) is 602 Å². The number of Topliss-reactive ketones (excluding diaryl/α,β-unsaturated/α-hetero) is 1. The van der Waals surface area contributed by atoms with Crippen molar-refractivity contribution < 1.29 is 174 Å². The number of carbonyl (C=O) groups excluding carboxylic acids is 5. The lowest BCUT2D eigenvalue weighted by molar-refractivity contribution is -0.363. The number of benzene rings is 4. The van der Waals surface area contributed by atoms with Crippen LogP contribution in [-0.4, -0.2) is 269 Å². The zero-order chi connectivity index (χ0) is 90.9. The number of aliphatic carboxylic acids is 1. The third kappa shape index (κ3) is 38.5. The molecule has 3 saturated heterocycles. The zero-order valence-corrected chi connectivity index (χ0v) is 69.6. The van der Waals surface area contributed by atoms with Crippen LogP contribution in [-0.2, 0) is 89.1 Å². The highest BCUT2D eigenvalue weighted by Crippen LogP contribution is 2.35. The number of carboxylic acid groups (broad SMARTS) is 1. The molecule has 0 spiro atoms. The number of ether oxygens (including phenoxy) is 9. The van der Waals surface area contributed by atoms with E-state index in [-0.39, 0.29) is 77.3 Å². The van der Waals surface area contributed by atoms with Crippen LogP contribution < -0.4 is 5.32 Å². The standard InChI is InChI=1S/C35H48O19.C22H20O12.C16H25NO.C14H24O2.H2O/c1-14-24(41)26(43)28(45)33(50-14)49-13-22-31(53-23(40)8-5-16-3-6-18(36)20(38)11-16)32(54-35-29(46)27(44)25(42)15(2)51-35)30(47)34(52-22)48-10-9-17-4-7-19(37)21(39)12-17;23-14-5-1-12(9-16(14)25)3-7-19(27)33-18(11-32-31)21(22(29)30)34-20(28)8-4-13-2-6-15(24)17(26)10-13;1-4-5-6-7-8-9-10-11-12-13-16(18)17-14-15(2)3;1-5-14(4,16)10-8-6-7-9-12(2)11-13(3)15;/h3-4,6-7,11-12,14-15,22,24-39,41-47H,5,8-10,13H2,1-2H3;1-10,18,21,23-26,31H,11H2,(H,29,30);4-9,12-13,15H,10-11,14H2,1-3H3,(H,17,18);5,9,16H,1,6-8,10-11H2,2-4H3;1H2/b;7-3+,8-4+;5-4+,7-6+,9-8-,13-12+;12-9+;. The predicted octanol–water partition coefficient (Wildman–Crippen LogP) is 5.76. The summed E-state index contributed by atoms with van der Waals surface area (Å²) in [6.07, 6.45) is 2.40. The molecule has 0 saturated carbocycles. The van der Waals surface area contributed by atoms with E-state index in [0.717, 1.165) is 74.9 Å². The zero-order valence-electron chi connectivity index (χ0n) is 69.6. The predicted molar refractivity (Wildman–Crippen MR) is 442 cm³/mol. The van der Waals surface area contributed by atoms with E-state index in [1.165, 1.54) is 86.7 Å². The van der Waals surface area contributed by atoms with Crippen LogP contribution in [0, 0.1) is 5.92 Å². The minimum atomic E-state index is -2.06. The number of hydrogen-bond acceptors (Lipinski definition) is 33. The molecule has 4 aromatic carbocycles. The molecule has 36 nitrogen and oxygen atoms in total. The molecule has 0 aliphatic carbocycles. The summed E-state index contributed by atoms with van der Waals surface area (Å²) < 4.78 is 50.3. The van der Waals surface area contributed by atoms with Crippen molar-refractivity contribution in [3.8, 4) is 46.0 Å². The Morgan fingerprint density at radius 2 is 1.10 bits per heavy atom. The second-order valence-electron chi connectivity index (χ2n) is 29.4. The largest absolute Gasteiger partial charge is 0.504 e. The van der Waals surface area contributed by atoms with Crippen molar-refractivity contribution in [3.63, 3.8) is 0 Å². The number of unbranched alkanes of at least 4 members (excludes halogenated alkanes) is 3. The summed E-state index contributed by atoms with van der Waals surface area (Å²) in [4.78, 5) is 75.1. The lowest BCUT2D eigenvalue weighted by Gasteiger charge is -2.47. The minimum Gasteiger partial charge on any atom is -0.504 e. The van der Waals surface area contributed by atoms with Crippen LogP contribution in [0.1, 0.15) is 129 Å². The number of ketones is 1. The van der Waals surface area contributed by atoms with E-state index in [2.05, 4.69) is 42.8 Å². The number of aliphatic hydroxyl groups is 8. The molecule has 21 N–H and O–H groups in total. The van der Waals surface area contributed by atoms with Crippen LogP contribution in [0.4, 0.5) is 0 Å². The number of carboxylic acids is 1. The number of rotatable bonds is 39. The number of aromatic hydroxyl groups is 8. The molecule has 7 rings (SSSR count). The highest BCUT2D eigenvalue weighted by atomic mass is 17.1. The smallest absolute Gasteiger partial charge is 0.349 e. The molecule has 123 heavy (non-hydrogen) atoms. The van der Waals surface area contributed by atoms with Gasteiger partial charge in [0.2, 0.25) is 12.0 Å². The first-order valence-corrected chi connectivity index (χ1v) is 39.2. The number of allylic oxidation sites excluding steroid dienone is 9. The molecular weight excluding hydrogens is 1620 g/mol. The summed E-state index contributed by atoms with van der Waals surface area (Å²) in [5, 5.41) is 181. The number of phenolic OH excluding ortho intramolecular Hbond substituents is 8. The molecule has 3 fully saturated rings. The Morgan fingerprint density at radius 1 is 0.585 bits per heavy atom. The fraction of sp³-hybridized carbons (Fsp3) is 0.471. The van der Waals surface area contributed by atoms with E-state index in [9.17, 15) is 116 Å². The second-order valence-corrected chi connectivity index (χ2v) is 29.4. The second kappa shape index (κ2) is 54.9. The molecule has 3 aliphatic rings. The van der Waals surface area contributed by atoms with Crippen molar-refractivity contribution in [2.45, 2.75) is 230 Å². The number of carbonyl (C=O) groups is 6. The summed E-state index contributed by atoms with van der Waals surface area (Å²) in [6.45, 7) is 17.1. The molecule has 3 aliphatic heterocycles. The summed E-state index contributed by atoms with van der Waals surface area (Å²) in [6, 6.07) is 15.4. The maximum absolute atomic E-state index is 13.4. The molecule has 18 atom stereocenters. The van der Waals surface area contributed by atoms with Crippen molar-refractivity contribution in [2.24, 2.45) is 5.92 Å². The van der Waals surface area contributed by atoms with Gasteiger partial charge < -0.3 is 140 Å². The van der Waals surface area contributed by atoms with Gasteiger partial charge in [0.05, 0.1) is 31.0 Å². The molecule has 18 unspecified atom stereocenters. The molecule has 682 valence electrons. The highest BCUT2D eigenvalue weighted by molar-refractivity contribution is 5.90. The number of amides is 1. The number of aliphatic hydroxyl groups excluding tert-OH is 7. The summed E-state index contributed by atoms with van der Waals surface area (Å²) in [7, 11) is 0. The van der Waals surface area contributed by atoms with Crippen molar-refractivity contribution in [2.75, 3.05) is 26.4 Å². The van der Waals surface area contributed by atoms with Gasteiger partial charge in [-0.1, -0.05) is 98.4 Å². The Labute approximate surface area is 711 Å². The Kier molecular flexibility index (Phi) is 47.6. The normalized spacial score (nSPS) is 23.8. The quantitative estimate of drug-likeness (QED) is 0.00291. The first-order valence-electron chi connectivity index (χ1n) is 39.2. The van der Waals surface area contributed by atoms with Gasteiger partial charge in [0.25, 0.3) is 0 Å². The number of hydrogen-bond donors (Lipinski definition) is 19. The summed E-state index contributed by atoms with van der Waals surface area (Å²) in [5.74, 6) is -7.22. The van der Waals surface area contributed by atoms with Crippen LogP contribution in [0.2, 0.25) is 0 Å². The SMILES string of the molecule is C/C=C/C=C/C=C\CC/C=C/C(=O)NCC(C)C.C=CC(C)(O)CCCC/C=C(\C)CC(C)=O.CC1OC(OCC2OC(OCCc3ccc(O)c(O)c3)C(O)C(OC3OC(C)C(O)C(O)C3O)C2OC(=O)CCc2ccc(O)c(O)c2)C(O)C(O)C1O.O.O=C(/C=C/c1ccc(O)c(O)c1)OC(COO)C(OC(=O)/C=C/c1ccc(O)c(O)c1)C(=O)O. The van der Waals surface area contributed by atoms with Gasteiger partial charge in [-0.2, -0.15) is 0 Å². The Bertz CT molecular complexity index is 4170. The van der Waals surface area contributed by atoms with Crippen LogP contribution in [0.3, 0.4) is 0 Å². The van der Waals surface area contributed by atoms with Crippen molar-refractivity contribution in [1.82, 2.24) is 5.32 Å². The molecular formula is C87H119NO35. The van der Waals surface area contributed by atoms with E-state index in [4.69, 9.17) is 47.9 Å². The van der Waals surface area contributed by atoms with E-state index in [1.54, 1.807) is 26.0 Å². The lowest BCUT2D eigenvalue weighted by Crippen LogP contribution is -2.65. The number of esters is 3. The fourth-order valence-corrected chi connectivity index (χ4v) is 11.5. The van der Waals surface area contributed by atoms with Crippen LogP contribution in [0.25, 0.3) is 12.2 Å². The van der Waals surface area contributed by atoms with Gasteiger partial charge in [-0.15, -0.1) is 6.58 Å². The van der Waals surface area contributed by atoms with Gasteiger partial charge in [0, 0.05) is 31.5 Å². The van der Waals surface area contributed by atoms with Crippen molar-refractivity contribution in [1.29, 1.82) is 0 Å². The Balaban J connectivity index is 0.000000480. The summed E-state index contributed by atoms with van der Waals surface area (Å²) in [5.41, 5.74) is 1.99. The monoisotopic (exact) mass is 1740 g/mol. The van der Waals surface area contributed by atoms with Crippen molar-refractivity contribution >= 4 is 47.7 Å². The van der Waals surface area contributed by atoms with Gasteiger partial charge in [0.15, 0.2) is 77.1 Å². The van der Waals surface area contributed by atoms with Gasteiger partial charge >= 0.3 is 23.9 Å². The maximum Gasteiger partial charge on any atom is 0.349 e. The van der Waals surface area contributed by atoms with E-state index >= 15 is 0 Å². The highest BCUT2D eigenvalue weighted by Gasteiger charge is 2.53. The van der Waals surface area contributed by atoms with E-state index in [0.29, 0.717) is 29.0 Å². The van der Waals surface area contributed by atoms with Gasteiger partial charge in [0.1, 0.15) is 67.3 Å². The molecule has 0 aromatic heterocycles. The lowest BCUT2D eigenvalue weighted by atomic mass is 9.96. The maximum atomic E-state index is 13.4. The first kappa shape index (κ1) is 107. The fourth-order valence-electron chi connectivity index (χ4n) is 11.5. The molecule has 4 aromatic rings. The Hall–Kier alpha value is -10.5. The average Bonchev–Trinajstić information content (AvgIpc) is 0.775.